The van der Waals surface area contributed by atoms with Gasteiger partial charge in [-0.15, -0.1) is 0 Å². The van der Waals surface area contributed by atoms with Crippen molar-refractivity contribution in [1.82, 2.24) is 20.2 Å². The number of rotatable bonds is 3. The summed E-state index contributed by atoms with van der Waals surface area (Å²) in [6.07, 6.45) is 0.966. The Hall–Kier alpha value is -2.32. The smallest absolute Gasteiger partial charge is 0.304 e. The van der Waals surface area contributed by atoms with Crippen LogP contribution in [0.25, 0.3) is 4.91 Å². The first-order chi connectivity index (χ1) is 12.1. The minimum absolute atomic E-state index is 0.0506. The fourth-order valence-corrected chi connectivity index (χ4v) is 4.30. The maximum atomic E-state index is 12.6. The first-order valence-electron chi connectivity index (χ1n) is 8.34. The van der Waals surface area contributed by atoms with E-state index in [4.69, 9.17) is 4.99 Å². The van der Waals surface area contributed by atoms with Crippen LogP contribution in [0.15, 0.2) is 41.4 Å². The molecule has 0 spiro atoms. The molecule has 1 aromatic rings. The number of urea groups is 1. The summed E-state index contributed by atoms with van der Waals surface area (Å²) in [5.41, 5.74) is 4.17. The van der Waals surface area contributed by atoms with Crippen LogP contribution in [0.5, 0.6) is 0 Å². The van der Waals surface area contributed by atoms with Gasteiger partial charge in [-0.3, -0.25) is 9.69 Å². The molecule has 130 valence electrons. The maximum Gasteiger partial charge on any atom is 0.323 e. The van der Waals surface area contributed by atoms with Gasteiger partial charge < -0.3 is 4.90 Å². The molecule has 1 saturated heterocycles. The average molecular weight is 357 g/mol. The summed E-state index contributed by atoms with van der Waals surface area (Å²) in [5.74, 6) is -0.173. The lowest BCUT2D eigenvalue weighted by Gasteiger charge is -2.38. The van der Waals surface area contributed by atoms with Gasteiger partial charge in [-0.25, -0.2) is 14.8 Å². The number of aliphatic imine (C=N–C) groups is 1. The van der Waals surface area contributed by atoms with Crippen molar-refractivity contribution in [3.63, 3.8) is 0 Å². The number of hydrogen-bond donors (Lipinski definition) is 1. The summed E-state index contributed by atoms with van der Waals surface area (Å²) in [6.45, 7) is 5.01. The van der Waals surface area contributed by atoms with Gasteiger partial charge in [0.05, 0.1) is 0 Å². The first-order valence-corrected chi connectivity index (χ1v) is 9.16. The van der Waals surface area contributed by atoms with E-state index in [2.05, 4.69) is 5.43 Å². The molecule has 7 nitrogen and oxygen atoms in total. The second-order valence-electron chi connectivity index (χ2n) is 5.90. The summed E-state index contributed by atoms with van der Waals surface area (Å²) in [6, 6.07) is 9.72. The summed E-state index contributed by atoms with van der Waals surface area (Å²) >= 11 is 1.44. The van der Waals surface area contributed by atoms with Gasteiger partial charge in [0.2, 0.25) is 0 Å². The lowest BCUT2D eigenvalue weighted by atomic mass is 10.2. The van der Waals surface area contributed by atoms with Crippen molar-refractivity contribution in [1.29, 1.82) is 0 Å². The molecule has 0 aromatic heterocycles. The molecule has 1 aromatic carbocycles. The van der Waals surface area contributed by atoms with E-state index in [-0.39, 0.29) is 24.3 Å². The topological polar surface area (TPSA) is 68.2 Å². The zero-order valence-corrected chi connectivity index (χ0v) is 14.9. The number of amides is 3. The van der Waals surface area contributed by atoms with Crippen LogP contribution >= 0.6 is 11.8 Å². The van der Waals surface area contributed by atoms with E-state index in [1.165, 1.54) is 16.8 Å². The van der Waals surface area contributed by atoms with Crippen LogP contribution in [0, 0.1) is 0 Å². The van der Waals surface area contributed by atoms with Gasteiger partial charge in [0, 0.05) is 24.1 Å². The van der Waals surface area contributed by atoms with Gasteiger partial charge in [-0.1, -0.05) is 30.3 Å². The first kappa shape index (κ1) is 16.2. The molecule has 0 radical (unpaired) electrons. The van der Waals surface area contributed by atoms with E-state index in [9.17, 15) is 9.59 Å². The van der Waals surface area contributed by atoms with Crippen LogP contribution in [0.1, 0.15) is 19.4 Å². The molecule has 0 saturated carbocycles. The molecule has 3 aliphatic heterocycles. The number of carbonyl (C=O) groups excluding carboxylic acids is 2. The Morgan fingerprint density at radius 1 is 1.12 bits per heavy atom. The Balaban J connectivity index is 1.69. The highest BCUT2D eigenvalue weighted by Gasteiger charge is 2.49. The highest BCUT2D eigenvalue weighted by Crippen LogP contribution is 2.36. The molecule has 25 heavy (non-hydrogen) atoms. The number of nitrogens with one attached hydrogen (secondary N) is 1. The molecule has 4 rings (SSSR count). The van der Waals surface area contributed by atoms with Gasteiger partial charge in [0.25, 0.3) is 5.91 Å². The van der Waals surface area contributed by atoms with Crippen molar-refractivity contribution in [3.05, 3.63) is 42.0 Å². The largest absolute Gasteiger partial charge is 0.323 e. The van der Waals surface area contributed by atoms with E-state index in [1.54, 1.807) is 15.9 Å². The standard InChI is InChI=1S/C17H19N5O2S/c1-3-20-14-15(21(4-2)17(20)24)19-22-13(23)10-12(25-16(22)18-14)11-8-6-5-7-9-11/h5-10,14-15,19H,3-4H2,1-2H3. The maximum absolute atomic E-state index is 12.6. The van der Waals surface area contributed by atoms with Crippen molar-refractivity contribution in [2.75, 3.05) is 13.1 Å². The molecule has 0 bridgehead atoms. The number of nitrogens with zero attached hydrogens (tertiary/aromatic N) is 4. The lowest BCUT2D eigenvalue weighted by molar-refractivity contribution is -0.126. The number of carbonyl (C=O) groups is 2. The van der Waals surface area contributed by atoms with Crippen LogP contribution in [-0.2, 0) is 4.79 Å². The quantitative estimate of drug-likeness (QED) is 0.897. The van der Waals surface area contributed by atoms with Gasteiger partial charge in [0.1, 0.15) is 6.17 Å². The van der Waals surface area contributed by atoms with E-state index >= 15 is 0 Å². The zero-order valence-electron chi connectivity index (χ0n) is 14.0. The van der Waals surface area contributed by atoms with Crippen LogP contribution < -0.4 is 5.43 Å². The molecule has 1 N–H and O–H groups in total. The fourth-order valence-electron chi connectivity index (χ4n) is 3.30. The average Bonchev–Trinajstić information content (AvgIpc) is 2.90. The van der Waals surface area contributed by atoms with Crippen LogP contribution in [0.4, 0.5) is 4.79 Å². The molecule has 1 fully saturated rings. The zero-order chi connectivity index (χ0) is 17.6. The molecule has 2 unspecified atom stereocenters. The Labute approximate surface area is 150 Å². The number of fused-ring (bicyclic) bond motifs is 2. The minimum atomic E-state index is -0.322. The molecule has 3 amide bonds. The number of hydrogen-bond acceptors (Lipinski definition) is 5. The molecule has 2 atom stereocenters. The number of likely N-dealkylation sites (N-methyl/N-ethyl adjacent to an activating group) is 2. The monoisotopic (exact) mass is 357 g/mol. The third-order valence-electron chi connectivity index (χ3n) is 4.54. The summed E-state index contributed by atoms with van der Waals surface area (Å²) in [5, 5.41) is 2.03. The third kappa shape index (κ3) is 2.52. The summed E-state index contributed by atoms with van der Waals surface area (Å²) in [7, 11) is 0. The van der Waals surface area contributed by atoms with Crippen molar-refractivity contribution in [2.24, 2.45) is 4.99 Å². The van der Waals surface area contributed by atoms with Crippen molar-refractivity contribution >= 4 is 33.8 Å². The second-order valence-corrected chi connectivity index (χ2v) is 6.91. The Morgan fingerprint density at radius 2 is 1.84 bits per heavy atom. The normalized spacial score (nSPS) is 25.6. The number of benzene rings is 1. The summed E-state index contributed by atoms with van der Waals surface area (Å²) < 4.78 is 0. The minimum Gasteiger partial charge on any atom is -0.304 e. The Bertz CT molecular complexity index is 779. The molecule has 3 heterocycles. The number of thioether (sulfide) groups is 1. The highest BCUT2D eigenvalue weighted by atomic mass is 32.2. The van der Waals surface area contributed by atoms with Crippen LogP contribution in [0.3, 0.4) is 0 Å². The Morgan fingerprint density at radius 3 is 2.52 bits per heavy atom. The van der Waals surface area contributed by atoms with Crippen molar-refractivity contribution in [2.45, 2.75) is 26.2 Å². The van der Waals surface area contributed by atoms with Crippen LogP contribution in [-0.4, -0.2) is 57.3 Å². The SMILES string of the molecule is CCN1C(=O)N(CC)C2NN3C(=O)C=C(c4ccccc4)SC3=NC21. The van der Waals surface area contributed by atoms with Gasteiger partial charge >= 0.3 is 6.03 Å². The van der Waals surface area contributed by atoms with E-state index < -0.39 is 0 Å². The van der Waals surface area contributed by atoms with E-state index in [1.807, 2.05) is 44.2 Å². The van der Waals surface area contributed by atoms with E-state index in [0.29, 0.717) is 18.3 Å². The van der Waals surface area contributed by atoms with Crippen molar-refractivity contribution < 1.29 is 9.59 Å². The molecular formula is C17H19N5O2S. The lowest BCUT2D eigenvalue weighted by Crippen LogP contribution is -2.62. The Kier molecular flexibility index (Phi) is 4.01. The molecular weight excluding hydrogens is 338 g/mol. The number of hydrazine groups is 1. The summed E-state index contributed by atoms with van der Waals surface area (Å²) in [4.78, 5) is 34.2. The molecule has 3 aliphatic rings. The van der Waals surface area contributed by atoms with E-state index in [0.717, 1.165) is 10.5 Å². The van der Waals surface area contributed by atoms with Gasteiger partial charge in [-0.05, 0) is 31.2 Å². The second kappa shape index (κ2) is 6.20. The van der Waals surface area contributed by atoms with Crippen LogP contribution in [0.2, 0.25) is 0 Å². The van der Waals surface area contributed by atoms with Gasteiger partial charge in [-0.2, -0.15) is 5.43 Å². The predicted molar refractivity (Wildman–Crippen MR) is 97.2 cm³/mol. The molecule has 8 heteroatoms. The highest BCUT2D eigenvalue weighted by molar-refractivity contribution is 8.21. The molecule has 0 aliphatic carbocycles. The number of amidine groups is 1. The van der Waals surface area contributed by atoms with Crippen molar-refractivity contribution in [3.8, 4) is 0 Å². The van der Waals surface area contributed by atoms with Gasteiger partial charge in [0.15, 0.2) is 11.3 Å². The third-order valence-corrected chi connectivity index (χ3v) is 5.58. The predicted octanol–water partition coefficient (Wildman–Crippen LogP) is 1.91. The fraction of sp³-hybridized carbons (Fsp3) is 0.353.